The van der Waals surface area contributed by atoms with Crippen LogP contribution in [0.4, 0.5) is 13.2 Å². The number of nitrogens with one attached hydrogen (secondary N) is 1. The van der Waals surface area contributed by atoms with Crippen LogP contribution in [0.3, 0.4) is 0 Å². The monoisotopic (exact) mass is 457 g/mol. The molecule has 0 aromatic heterocycles. The van der Waals surface area contributed by atoms with Crippen LogP contribution in [0.25, 0.3) is 11.1 Å². The Bertz CT molecular complexity index is 1080. The van der Waals surface area contributed by atoms with Crippen molar-refractivity contribution in [2.24, 2.45) is 0 Å². The van der Waals surface area contributed by atoms with E-state index in [-0.39, 0.29) is 18.9 Å². The van der Waals surface area contributed by atoms with Crippen LogP contribution in [-0.2, 0) is 17.4 Å². The number of hydrogen-bond acceptors (Lipinski definition) is 3. The summed E-state index contributed by atoms with van der Waals surface area (Å²) < 4.78 is 43.8. The molecular weight excluding hydrogens is 435 g/mol. The molecule has 0 spiro atoms. The maximum absolute atomic E-state index is 12.7. The zero-order valence-corrected chi connectivity index (χ0v) is 17.6. The lowest BCUT2D eigenvalue weighted by atomic mass is 10.0. The molecule has 0 atom stereocenters. The van der Waals surface area contributed by atoms with E-state index in [2.05, 4.69) is 5.32 Å². The highest BCUT2D eigenvalue weighted by Crippen LogP contribution is 2.31. The summed E-state index contributed by atoms with van der Waals surface area (Å²) in [7, 11) is 0. The second-order valence-electron chi connectivity index (χ2n) is 7.29. The van der Waals surface area contributed by atoms with E-state index in [1.54, 1.807) is 24.3 Å². The maximum Gasteiger partial charge on any atom is 0.416 e. The van der Waals surface area contributed by atoms with Crippen LogP contribution in [0, 0.1) is 0 Å². The molecule has 0 heterocycles. The van der Waals surface area contributed by atoms with Gasteiger partial charge in [-0.05, 0) is 53.1 Å². The van der Waals surface area contributed by atoms with Crippen LogP contribution in [0.15, 0.2) is 72.8 Å². The molecule has 8 heteroatoms. The number of hydrogen-bond donors (Lipinski definition) is 2. The quantitative estimate of drug-likeness (QED) is 0.463. The molecule has 3 rings (SSSR count). The van der Waals surface area contributed by atoms with Crippen molar-refractivity contribution in [3.05, 3.63) is 89.5 Å². The molecule has 0 fully saturated rings. The Morgan fingerprint density at radius 3 is 1.97 bits per heavy atom. The van der Waals surface area contributed by atoms with Gasteiger partial charge in [-0.1, -0.05) is 36.4 Å². The number of carbonyl (C=O) groups excluding carboxylic acids is 1. The van der Waals surface area contributed by atoms with Gasteiger partial charge in [0, 0.05) is 18.5 Å². The number of carbonyl (C=O) groups is 2. The molecule has 2 N–H and O–H groups in total. The first kappa shape index (κ1) is 23.8. The Labute approximate surface area is 188 Å². The van der Waals surface area contributed by atoms with Gasteiger partial charge in [-0.25, -0.2) is 0 Å². The van der Waals surface area contributed by atoms with Gasteiger partial charge < -0.3 is 15.2 Å². The molecule has 0 unspecified atom stereocenters. The fraction of sp³-hybridized carbons (Fsp3) is 0.200. The second kappa shape index (κ2) is 10.7. The van der Waals surface area contributed by atoms with Crippen molar-refractivity contribution < 1.29 is 32.6 Å². The number of ether oxygens (including phenoxy) is 1. The molecule has 3 aromatic carbocycles. The Kier molecular flexibility index (Phi) is 7.71. The van der Waals surface area contributed by atoms with E-state index in [1.165, 1.54) is 12.1 Å². The molecule has 0 saturated carbocycles. The molecule has 33 heavy (non-hydrogen) atoms. The lowest BCUT2D eigenvalue weighted by Gasteiger charge is -2.09. The highest BCUT2D eigenvalue weighted by atomic mass is 19.4. The summed E-state index contributed by atoms with van der Waals surface area (Å²) in [6.07, 6.45) is -3.86. The minimum Gasteiger partial charge on any atom is -0.493 e. The van der Waals surface area contributed by atoms with Gasteiger partial charge in [-0.2, -0.15) is 13.2 Å². The molecule has 0 aliphatic carbocycles. The maximum atomic E-state index is 12.7. The molecule has 0 aliphatic heterocycles. The van der Waals surface area contributed by atoms with Crippen molar-refractivity contribution in [2.75, 3.05) is 13.2 Å². The Hall–Kier alpha value is -3.81. The van der Waals surface area contributed by atoms with E-state index in [0.717, 1.165) is 23.3 Å². The number of carboxylic acids is 1. The highest BCUT2D eigenvalue weighted by molar-refractivity contribution is 5.94. The van der Waals surface area contributed by atoms with Gasteiger partial charge in [0.25, 0.3) is 5.91 Å². The SMILES string of the molecule is O=C(O)CCNC(=O)c1ccc(OCCc2ccc(-c3ccc(C(F)(F)F)cc3)cc2)cc1. The normalized spacial score (nSPS) is 11.1. The second-order valence-corrected chi connectivity index (χ2v) is 7.29. The standard InChI is InChI=1S/C25H22F3NO4/c26-25(27,28)21-9-5-19(6-10-21)18-3-1-17(2-4-18)14-16-33-22-11-7-20(8-12-22)24(32)29-15-13-23(30)31/h1-12H,13-16H2,(H,29,32)(H,30,31). The fourth-order valence-corrected chi connectivity index (χ4v) is 3.09. The number of halogens is 3. The van der Waals surface area contributed by atoms with Gasteiger partial charge in [-0.15, -0.1) is 0 Å². The highest BCUT2D eigenvalue weighted by Gasteiger charge is 2.29. The van der Waals surface area contributed by atoms with E-state index >= 15 is 0 Å². The summed E-state index contributed by atoms with van der Waals surface area (Å²) in [6, 6.07) is 19.1. The van der Waals surface area contributed by atoms with Gasteiger partial charge in [-0.3, -0.25) is 9.59 Å². The van der Waals surface area contributed by atoms with Crippen molar-refractivity contribution in [1.82, 2.24) is 5.32 Å². The van der Waals surface area contributed by atoms with Crippen LogP contribution < -0.4 is 10.1 Å². The van der Waals surface area contributed by atoms with Crippen LogP contribution in [0.2, 0.25) is 0 Å². The van der Waals surface area contributed by atoms with E-state index in [9.17, 15) is 22.8 Å². The smallest absolute Gasteiger partial charge is 0.416 e. The topological polar surface area (TPSA) is 75.6 Å². The molecule has 172 valence electrons. The average molecular weight is 457 g/mol. The number of alkyl halides is 3. The van der Waals surface area contributed by atoms with Gasteiger partial charge in [0.05, 0.1) is 18.6 Å². The van der Waals surface area contributed by atoms with E-state index in [1.807, 2.05) is 24.3 Å². The third-order valence-corrected chi connectivity index (χ3v) is 4.90. The molecule has 0 radical (unpaired) electrons. The van der Waals surface area contributed by atoms with Crippen LogP contribution in [-0.4, -0.2) is 30.1 Å². The summed E-state index contributed by atoms with van der Waals surface area (Å²) in [5.74, 6) is -0.734. The van der Waals surface area contributed by atoms with E-state index in [4.69, 9.17) is 9.84 Å². The molecule has 1 amide bonds. The van der Waals surface area contributed by atoms with Crippen molar-refractivity contribution >= 4 is 11.9 Å². The lowest BCUT2D eigenvalue weighted by Crippen LogP contribution is -2.25. The van der Waals surface area contributed by atoms with E-state index < -0.39 is 17.7 Å². The fourth-order valence-electron chi connectivity index (χ4n) is 3.09. The van der Waals surface area contributed by atoms with Crippen molar-refractivity contribution in [3.8, 4) is 16.9 Å². The van der Waals surface area contributed by atoms with Crippen molar-refractivity contribution in [1.29, 1.82) is 0 Å². The van der Waals surface area contributed by atoms with Gasteiger partial charge >= 0.3 is 12.1 Å². The number of aliphatic carboxylic acids is 1. The summed E-state index contributed by atoms with van der Waals surface area (Å²) in [4.78, 5) is 22.4. The number of carboxylic acid groups (broad SMARTS) is 1. The number of benzene rings is 3. The molecule has 0 bridgehead atoms. The minimum absolute atomic E-state index is 0.0596. The number of amides is 1. The van der Waals surface area contributed by atoms with Gasteiger partial charge in [0.15, 0.2) is 0 Å². The zero-order chi connectivity index (χ0) is 23.8. The third kappa shape index (κ3) is 7.10. The van der Waals surface area contributed by atoms with Crippen molar-refractivity contribution in [2.45, 2.75) is 19.0 Å². The van der Waals surface area contributed by atoms with E-state index in [0.29, 0.717) is 29.9 Å². The summed E-state index contributed by atoms with van der Waals surface area (Å²) in [6.45, 7) is 0.466. The third-order valence-electron chi connectivity index (χ3n) is 4.90. The number of rotatable bonds is 9. The summed E-state index contributed by atoms with van der Waals surface area (Å²) >= 11 is 0. The predicted molar refractivity (Wildman–Crippen MR) is 117 cm³/mol. The molecular formula is C25H22F3NO4. The van der Waals surface area contributed by atoms with Crippen LogP contribution in [0.5, 0.6) is 5.75 Å². The summed E-state index contributed by atoms with van der Waals surface area (Å²) in [5, 5.41) is 11.1. The molecule has 0 saturated heterocycles. The first-order valence-corrected chi connectivity index (χ1v) is 10.2. The Morgan fingerprint density at radius 2 is 1.42 bits per heavy atom. The Balaban J connectivity index is 1.48. The average Bonchev–Trinajstić information content (AvgIpc) is 2.79. The Morgan fingerprint density at radius 1 is 0.848 bits per heavy atom. The summed E-state index contributed by atoms with van der Waals surface area (Å²) in [5.41, 5.74) is 2.28. The van der Waals surface area contributed by atoms with Crippen LogP contribution in [0.1, 0.15) is 27.9 Å². The zero-order valence-electron chi connectivity index (χ0n) is 17.6. The lowest BCUT2D eigenvalue weighted by molar-refractivity contribution is -0.138. The van der Waals surface area contributed by atoms with Crippen LogP contribution >= 0.6 is 0 Å². The first-order chi connectivity index (χ1) is 15.7. The molecule has 5 nitrogen and oxygen atoms in total. The first-order valence-electron chi connectivity index (χ1n) is 10.2. The largest absolute Gasteiger partial charge is 0.493 e. The van der Waals surface area contributed by atoms with Crippen molar-refractivity contribution in [3.63, 3.8) is 0 Å². The minimum atomic E-state index is -4.35. The molecule has 0 aliphatic rings. The van der Waals surface area contributed by atoms with Gasteiger partial charge in [0.1, 0.15) is 5.75 Å². The predicted octanol–water partition coefficient (Wildman–Crippen LogP) is 5.20. The van der Waals surface area contributed by atoms with Gasteiger partial charge in [0.2, 0.25) is 0 Å². The molecule has 3 aromatic rings.